The second-order valence-electron chi connectivity index (χ2n) is 5.69. The lowest BCUT2D eigenvalue weighted by molar-refractivity contribution is -0.119. The van der Waals surface area contributed by atoms with E-state index in [9.17, 15) is 13.2 Å². The van der Waals surface area contributed by atoms with E-state index in [2.05, 4.69) is 5.32 Å². The summed E-state index contributed by atoms with van der Waals surface area (Å²) in [7, 11) is -1.99. The zero-order valence-electron chi connectivity index (χ0n) is 14.6. The molecule has 6 nitrogen and oxygen atoms in total. The van der Waals surface area contributed by atoms with Crippen LogP contribution in [0.1, 0.15) is 5.56 Å². The Hall–Kier alpha value is -2.25. The molecule has 1 N–H and O–H groups in total. The summed E-state index contributed by atoms with van der Waals surface area (Å²) in [5.41, 5.74) is 1.44. The summed E-state index contributed by atoms with van der Waals surface area (Å²) in [4.78, 5) is 12.2. The van der Waals surface area contributed by atoms with Gasteiger partial charge in [0, 0.05) is 11.6 Å². The van der Waals surface area contributed by atoms with Crippen LogP contribution in [0.25, 0.3) is 0 Å². The number of nitrogens with one attached hydrogen (secondary N) is 1. The molecule has 0 aliphatic carbocycles. The van der Waals surface area contributed by atoms with Crippen molar-refractivity contribution in [3.8, 4) is 5.75 Å². The molecule has 0 saturated heterocycles. The van der Waals surface area contributed by atoms with Crippen molar-refractivity contribution in [1.82, 2.24) is 5.32 Å². The Morgan fingerprint density at radius 3 is 2.27 bits per heavy atom. The molecule has 8 heteroatoms. The maximum absolute atomic E-state index is 12.2. The van der Waals surface area contributed by atoms with E-state index in [1.54, 1.807) is 31.4 Å². The molecular weight excluding hydrogens is 376 g/mol. The first-order chi connectivity index (χ1) is 12.3. The van der Waals surface area contributed by atoms with Gasteiger partial charge in [-0.1, -0.05) is 23.7 Å². The highest BCUT2D eigenvalue weighted by Crippen LogP contribution is 2.20. The minimum absolute atomic E-state index is 0.289. The van der Waals surface area contributed by atoms with E-state index < -0.39 is 10.0 Å². The maximum Gasteiger partial charge on any atom is 0.240 e. The Morgan fingerprint density at radius 2 is 1.73 bits per heavy atom. The van der Waals surface area contributed by atoms with Gasteiger partial charge < -0.3 is 10.1 Å². The van der Waals surface area contributed by atoms with Crippen LogP contribution in [-0.4, -0.2) is 40.8 Å². The second-order valence-corrected chi connectivity index (χ2v) is 8.04. The van der Waals surface area contributed by atoms with Gasteiger partial charge in [0.05, 0.1) is 19.1 Å². The number of amides is 1. The SMILES string of the molecule is COc1ccc(CCNC(=O)CN(c2ccc(Cl)cc2)S(C)(=O)=O)cc1. The predicted molar refractivity (Wildman–Crippen MR) is 103 cm³/mol. The fourth-order valence-corrected chi connectivity index (χ4v) is 3.31. The van der Waals surface area contributed by atoms with Crippen molar-refractivity contribution in [2.45, 2.75) is 6.42 Å². The van der Waals surface area contributed by atoms with Crippen molar-refractivity contribution in [3.63, 3.8) is 0 Å². The minimum Gasteiger partial charge on any atom is -0.497 e. The highest BCUT2D eigenvalue weighted by atomic mass is 35.5. The van der Waals surface area contributed by atoms with E-state index in [1.165, 1.54) is 0 Å². The molecule has 0 fully saturated rings. The van der Waals surface area contributed by atoms with Crippen LogP contribution in [0, 0.1) is 0 Å². The van der Waals surface area contributed by atoms with Crippen molar-refractivity contribution >= 4 is 33.2 Å². The summed E-state index contributed by atoms with van der Waals surface area (Å²) in [5, 5.41) is 3.23. The highest BCUT2D eigenvalue weighted by Gasteiger charge is 2.20. The summed E-state index contributed by atoms with van der Waals surface area (Å²) in [5.74, 6) is 0.392. The molecule has 2 aromatic carbocycles. The summed E-state index contributed by atoms with van der Waals surface area (Å²) in [6.07, 6.45) is 1.70. The van der Waals surface area contributed by atoms with Gasteiger partial charge in [-0.05, 0) is 48.4 Å². The van der Waals surface area contributed by atoms with Gasteiger partial charge in [0.15, 0.2) is 0 Å². The molecule has 0 aliphatic rings. The third-order valence-electron chi connectivity index (χ3n) is 3.70. The second kappa shape index (κ2) is 8.91. The van der Waals surface area contributed by atoms with Gasteiger partial charge in [0.25, 0.3) is 0 Å². The van der Waals surface area contributed by atoms with Crippen LogP contribution in [0.15, 0.2) is 48.5 Å². The van der Waals surface area contributed by atoms with E-state index in [0.29, 0.717) is 23.7 Å². The van der Waals surface area contributed by atoms with E-state index in [4.69, 9.17) is 16.3 Å². The molecule has 1 amide bonds. The number of carbonyl (C=O) groups is 1. The Kier molecular flexibility index (Phi) is 6.88. The zero-order valence-corrected chi connectivity index (χ0v) is 16.2. The summed E-state index contributed by atoms with van der Waals surface area (Å²) in [6.45, 7) is 0.118. The van der Waals surface area contributed by atoms with E-state index in [1.807, 2.05) is 24.3 Å². The van der Waals surface area contributed by atoms with Crippen molar-refractivity contribution in [3.05, 3.63) is 59.1 Å². The van der Waals surface area contributed by atoms with Crippen molar-refractivity contribution in [2.24, 2.45) is 0 Å². The smallest absolute Gasteiger partial charge is 0.240 e. The number of benzene rings is 2. The fraction of sp³-hybridized carbons (Fsp3) is 0.278. The third kappa shape index (κ3) is 5.93. The third-order valence-corrected chi connectivity index (χ3v) is 5.09. The molecule has 140 valence electrons. The van der Waals surface area contributed by atoms with Crippen LogP contribution in [0.3, 0.4) is 0 Å². The number of hydrogen-bond acceptors (Lipinski definition) is 4. The van der Waals surface area contributed by atoms with Crippen LogP contribution in [0.4, 0.5) is 5.69 Å². The normalized spacial score (nSPS) is 11.0. The standard InChI is InChI=1S/C18H21ClN2O4S/c1-25-17-9-3-14(4-10-17)11-12-20-18(22)13-21(26(2,23)24)16-7-5-15(19)6-8-16/h3-10H,11-13H2,1-2H3,(H,20,22). The largest absolute Gasteiger partial charge is 0.497 e. The van der Waals surface area contributed by atoms with Crippen LogP contribution in [0.5, 0.6) is 5.75 Å². The van der Waals surface area contributed by atoms with Crippen LogP contribution < -0.4 is 14.4 Å². The van der Waals surface area contributed by atoms with Gasteiger partial charge in [0.2, 0.25) is 15.9 Å². The number of carbonyl (C=O) groups excluding carboxylic acids is 1. The number of rotatable bonds is 8. The molecule has 0 heterocycles. The molecule has 2 rings (SSSR count). The van der Waals surface area contributed by atoms with Gasteiger partial charge in [-0.2, -0.15) is 0 Å². The highest BCUT2D eigenvalue weighted by molar-refractivity contribution is 7.92. The lowest BCUT2D eigenvalue weighted by atomic mass is 10.1. The number of methoxy groups -OCH3 is 1. The Morgan fingerprint density at radius 1 is 1.12 bits per heavy atom. The summed E-state index contributed by atoms with van der Waals surface area (Å²) >= 11 is 5.83. The maximum atomic E-state index is 12.2. The molecule has 26 heavy (non-hydrogen) atoms. The zero-order chi connectivity index (χ0) is 19.2. The van der Waals surface area contributed by atoms with E-state index >= 15 is 0 Å². The van der Waals surface area contributed by atoms with Crippen molar-refractivity contribution < 1.29 is 17.9 Å². The number of anilines is 1. The number of halogens is 1. The summed E-state index contributed by atoms with van der Waals surface area (Å²) in [6, 6.07) is 13.8. The average molecular weight is 397 g/mol. The minimum atomic E-state index is -3.60. The van der Waals surface area contributed by atoms with Crippen molar-refractivity contribution in [2.75, 3.05) is 30.8 Å². The number of hydrogen-bond donors (Lipinski definition) is 1. The topological polar surface area (TPSA) is 75.7 Å². The lowest BCUT2D eigenvalue weighted by Crippen LogP contribution is -2.40. The monoisotopic (exact) mass is 396 g/mol. The number of ether oxygens (including phenoxy) is 1. The number of nitrogens with zero attached hydrogens (tertiary/aromatic N) is 1. The Bertz CT molecular complexity index is 836. The van der Waals surface area contributed by atoms with Gasteiger partial charge in [0.1, 0.15) is 12.3 Å². The van der Waals surface area contributed by atoms with Crippen LogP contribution >= 0.6 is 11.6 Å². The molecule has 0 aromatic heterocycles. The first kappa shape index (κ1) is 20.1. The predicted octanol–water partition coefficient (Wildman–Crippen LogP) is 2.47. The first-order valence-electron chi connectivity index (χ1n) is 7.92. The Labute approximate surface area is 158 Å². The van der Waals surface area contributed by atoms with Crippen LogP contribution in [0.2, 0.25) is 5.02 Å². The van der Waals surface area contributed by atoms with Gasteiger partial charge in [-0.15, -0.1) is 0 Å². The molecule has 0 bridgehead atoms. The van der Waals surface area contributed by atoms with Gasteiger partial charge in [-0.3, -0.25) is 9.10 Å². The first-order valence-corrected chi connectivity index (χ1v) is 10.1. The van der Waals surface area contributed by atoms with E-state index in [0.717, 1.165) is 21.9 Å². The Balaban J connectivity index is 1.93. The average Bonchev–Trinajstić information content (AvgIpc) is 2.60. The van der Waals surface area contributed by atoms with Gasteiger partial charge in [-0.25, -0.2) is 8.42 Å². The fourth-order valence-electron chi connectivity index (χ4n) is 2.33. The van der Waals surface area contributed by atoms with Crippen molar-refractivity contribution in [1.29, 1.82) is 0 Å². The molecule has 0 saturated carbocycles. The quantitative estimate of drug-likeness (QED) is 0.743. The summed E-state index contributed by atoms with van der Waals surface area (Å²) < 4.78 is 30.2. The van der Waals surface area contributed by atoms with Crippen LogP contribution in [-0.2, 0) is 21.2 Å². The molecule has 0 radical (unpaired) electrons. The molecule has 2 aromatic rings. The molecule has 0 spiro atoms. The molecule has 0 unspecified atom stereocenters. The molecular formula is C18H21ClN2O4S. The van der Waals surface area contributed by atoms with Gasteiger partial charge >= 0.3 is 0 Å². The number of sulfonamides is 1. The lowest BCUT2D eigenvalue weighted by Gasteiger charge is -2.22. The molecule has 0 atom stereocenters. The van der Waals surface area contributed by atoms with E-state index in [-0.39, 0.29) is 12.5 Å². The molecule has 0 aliphatic heterocycles.